The fraction of sp³-hybridized carbons (Fsp3) is 0.233. The highest BCUT2D eigenvalue weighted by Gasteiger charge is 2.26. The number of anilines is 1. The molecule has 4 aromatic rings. The summed E-state index contributed by atoms with van der Waals surface area (Å²) >= 11 is 0. The van der Waals surface area contributed by atoms with Crippen LogP contribution in [0.3, 0.4) is 0 Å². The minimum absolute atomic E-state index is 0.183. The Balaban J connectivity index is 0.00000148. The maximum absolute atomic E-state index is 13.8. The maximum Gasteiger partial charge on any atom is 0.229 e. The van der Waals surface area contributed by atoms with E-state index in [2.05, 4.69) is 5.32 Å². The number of hydrogen-bond acceptors (Lipinski definition) is 4. The van der Waals surface area contributed by atoms with E-state index in [4.69, 9.17) is 9.97 Å². The topological polar surface area (TPSA) is 75.1 Å². The standard InChI is InChI=1S/C28H24FN3O2.C2H6/c1-17-7-9-18(10-8-17)15-24(33)31-28-26(27(34)19-5-3-2-4-6-19)32-25-22-13-12-21(29)16-20(22)11-14-23(25)30-28;1-2/h2-10,12-13,16,27,34H,11,14-15H2,1H3,(H,30,31,33);1-2H3. The van der Waals surface area contributed by atoms with Gasteiger partial charge in [-0.15, -0.1) is 0 Å². The highest BCUT2D eigenvalue weighted by Crippen LogP contribution is 2.35. The van der Waals surface area contributed by atoms with E-state index in [-0.39, 0.29) is 29.7 Å². The molecule has 6 heteroatoms. The van der Waals surface area contributed by atoms with Crippen molar-refractivity contribution in [3.63, 3.8) is 0 Å². The van der Waals surface area contributed by atoms with Gasteiger partial charge in [-0.25, -0.2) is 14.4 Å². The quantitative estimate of drug-likeness (QED) is 0.366. The van der Waals surface area contributed by atoms with Gasteiger partial charge in [0.25, 0.3) is 0 Å². The number of nitrogens with zero attached hydrogens (tertiary/aromatic N) is 2. The Morgan fingerprint density at radius 1 is 1.00 bits per heavy atom. The summed E-state index contributed by atoms with van der Waals surface area (Å²) in [5.41, 5.74) is 5.90. The van der Waals surface area contributed by atoms with Crippen molar-refractivity contribution in [2.24, 2.45) is 0 Å². The summed E-state index contributed by atoms with van der Waals surface area (Å²) in [6, 6.07) is 21.5. The van der Waals surface area contributed by atoms with E-state index in [0.29, 0.717) is 29.8 Å². The molecule has 0 fully saturated rings. The number of benzene rings is 3. The van der Waals surface area contributed by atoms with Crippen LogP contribution in [0, 0.1) is 12.7 Å². The van der Waals surface area contributed by atoms with Crippen LogP contribution in [0.15, 0.2) is 72.8 Å². The van der Waals surface area contributed by atoms with Crippen molar-refractivity contribution in [1.82, 2.24) is 9.97 Å². The first kappa shape index (κ1) is 25.2. The molecule has 1 heterocycles. The summed E-state index contributed by atoms with van der Waals surface area (Å²) in [6.07, 6.45) is 0.301. The van der Waals surface area contributed by atoms with Gasteiger partial charge in [0.05, 0.1) is 17.8 Å². The van der Waals surface area contributed by atoms with Crippen LogP contribution in [0.5, 0.6) is 0 Å². The second-order valence-electron chi connectivity index (χ2n) is 8.58. The Kier molecular flexibility index (Phi) is 7.86. The van der Waals surface area contributed by atoms with Crippen LogP contribution >= 0.6 is 0 Å². The molecule has 184 valence electrons. The molecule has 1 atom stereocenters. The zero-order valence-corrected chi connectivity index (χ0v) is 20.8. The molecule has 5 nitrogen and oxygen atoms in total. The summed E-state index contributed by atoms with van der Waals surface area (Å²) < 4.78 is 13.8. The van der Waals surface area contributed by atoms with Gasteiger partial charge in [-0.3, -0.25) is 4.79 Å². The number of aryl methyl sites for hydroxylation is 3. The Morgan fingerprint density at radius 3 is 2.44 bits per heavy atom. The average molecular weight is 484 g/mol. The minimum atomic E-state index is -1.08. The van der Waals surface area contributed by atoms with Gasteiger partial charge in [0, 0.05) is 5.56 Å². The maximum atomic E-state index is 13.8. The second-order valence-corrected chi connectivity index (χ2v) is 8.58. The molecule has 0 aliphatic heterocycles. The molecule has 3 aromatic carbocycles. The van der Waals surface area contributed by atoms with Crippen molar-refractivity contribution in [2.75, 3.05) is 5.32 Å². The number of halogens is 1. The molecule has 1 aromatic heterocycles. The number of hydrogen-bond donors (Lipinski definition) is 2. The number of aliphatic hydroxyl groups excluding tert-OH is 1. The van der Waals surface area contributed by atoms with Crippen LogP contribution in [0.1, 0.15) is 53.6 Å². The van der Waals surface area contributed by atoms with Gasteiger partial charge >= 0.3 is 0 Å². The number of nitrogens with one attached hydrogen (secondary N) is 1. The van der Waals surface area contributed by atoms with Crippen molar-refractivity contribution in [3.8, 4) is 11.3 Å². The van der Waals surface area contributed by atoms with Gasteiger partial charge in [0.15, 0.2) is 5.82 Å². The first-order valence-electron chi connectivity index (χ1n) is 12.3. The Bertz CT molecular complexity index is 1350. The van der Waals surface area contributed by atoms with Gasteiger partial charge < -0.3 is 10.4 Å². The molecule has 0 bridgehead atoms. The van der Waals surface area contributed by atoms with Crippen LogP contribution in [0.25, 0.3) is 11.3 Å². The first-order chi connectivity index (χ1) is 17.5. The third-order valence-corrected chi connectivity index (χ3v) is 6.07. The van der Waals surface area contributed by atoms with Gasteiger partial charge in [-0.2, -0.15) is 0 Å². The van der Waals surface area contributed by atoms with Crippen LogP contribution in [0.2, 0.25) is 0 Å². The van der Waals surface area contributed by atoms with Gasteiger partial charge in [-0.1, -0.05) is 74.0 Å². The number of fused-ring (bicyclic) bond motifs is 3. The van der Waals surface area contributed by atoms with Crippen LogP contribution < -0.4 is 5.32 Å². The van der Waals surface area contributed by atoms with Gasteiger partial charge in [0.2, 0.25) is 5.91 Å². The molecule has 2 N–H and O–H groups in total. The summed E-state index contributed by atoms with van der Waals surface area (Å²) in [7, 11) is 0. The number of rotatable bonds is 5. The SMILES string of the molecule is CC.Cc1ccc(CC(=O)Nc2nc3c(nc2C(O)c2ccccc2)-c2ccc(F)cc2CC3)cc1. The summed E-state index contributed by atoms with van der Waals surface area (Å²) in [5.74, 6) is -0.282. The van der Waals surface area contributed by atoms with Gasteiger partial charge in [0.1, 0.15) is 17.6 Å². The van der Waals surface area contributed by atoms with Gasteiger partial charge in [-0.05, 0) is 54.7 Å². The molecule has 0 spiro atoms. The Labute approximate surface area is 211 Å². The fourth-order valence-corrected chi connectivity index (χ4v) is 4.27. The van der Waals surface area contributed by atoms with E-state index in [1.807, 2.05) is 63.2 Å². The van der Waals surface area contributed by atoms with Crippen molar-refractivity contribution in [2.45, 2.75) is 46.1 Å². The molecule has 1 unspecified atom stereocenters. The lowest BCUT2D eigenvalue weighted by Crippen LogP contribution is -2.21. The molecule has 0 saturated carbocycles. The zero-order chi connectivity index (χ0) is 25.7. The van der Waals surface area contributed by atoms with Crippen LogP contribution in [-0.2, 0) is 24.1 Å². The van der Waals surface area contributed by atoms with E-state index in [0.717, 1.165) is 22.3 Å². The smallest absolute Gasteiger partial charge is 0.229 e. The van der Waals surface area contributed by atoms with Crippen molar-refractivity contribution < 1.29 is 14.3 Å². The molecular weight excluding hydrogens is 453 g/mol. The van der Waals surface area contributed by atoms with Crippen molar-refractivity contribution in [1.29, 1.82) is 0 Å². The molecular formula is C30H30FN3O2. The van der Waals surface area contributed by atoms with E-state index >= 15 is 0 Å². The number of aromatic nitrogens is 2. The van der Waals surface area contributed by atoms with E-state index in [1.54, 1.807) is 18.2 Å². The molecule has 36 heavy (non-hydrogen) atoms. The lowest BCUT2D eigenvalue weighted by molar-refractivity contribution is -0.115. The highest BCUT2D eigenvalue weighted by atomic mass is 19.1. The molecule has 5 rings (SSSR count). The normalized spacial score (nSPS) is 12.5. The first-order valence-corrected chi connectivity index (χ1v) is 12.3. The number of carbonyl (C=O) groups is 1. The zero-order valence-electron chi connectivity index (χ0n) is 20.8. The van der Waals surface area contributed by atoms with Crippen LogP contribution in [0.4, 0.5) is 10.2 Å². The third kappa shape index (κ3) is 5.50. The number of carbonyl (C=O) groups excluding carboxylic acids is 1. The minimum Gasteiger partial charge on any atom is -0.382 e. The van der Waals surface area contributed by atoms with E-state index < -0.39 is 6.10 Å². The lowest BCUT2D eigenvalue weighted by atomic mass is 9.91. The molecule has 1 aliphatic carbocycles. The predicted molar refractivity (Wildman–Crippen MR) is 140 cm³/mol. The fourth-order valence-electron chi connectivity index (χ4n) is 4.27. The Morgan fingerprint density at radius 2 is 1.72 bits per heavy atom. The summed E-state index contributed by atoms with van der Waals surface area (Å²) in [4.78, 5) is 22.4. The molecule has 1 amide bonds. The lowest BCUT2D eigenvalue weighted by Gasteiger charge is -2.22. The van der Waals surface area contributed by atoms with Crippen molar-refractivity contribution in [3.05, 3.63) is 112 Å². The van der Waals surface area contributed by atoms with E-state index in [1.165, 1.54) is 12.1 Å². The summed E-state index contributed by atoms with van der Waals surface area (Å²) in [6.45, 7) is 6.00. The molecule has 1 aliphatic rings. The molecule has 0 saturated heterocycles. The Hall–Kier alpha value is -3.90. The number of aliphatic hydroxyl groups is 1. The third-order valence-electron chi connectivity index (χ3n) is 6.07. The largest absolute Gasteiger partial charge is 0.382 e. The van der Waals surface area contributed by atoms with E-state index in [9.17, 15) is 14.3 Å². The number of amides is 1. The summed E-state index contributed by atoms with van der Waals surface area (Å²) in [5, 5.41) is 14.1. The highest BCUT2D eigenvalue weighted by molar-refractivity contribution is 5.92. The second kappa shape index (κ2) is 11.2. The average Bonchev–Trinajstić information content (AvgIpc) is 2.90. The predicted octanol–water partition coefficient (Wildman–Crippen LogP) is 5.98. The monoisotopic (exact) mass is 483 g/mol. The molecule has 0 radical (unpaired) electrons. The van der Waals surface area contributed by atoms with Crippen molar-refractivity contribution >= 4 is 11.7 Å². The van der Waals surface area contributed by atoms with Crippen LogP contribution in [-0.4, -0.2) is 21.0 Å².